The Balaban J connectivity index is 5.33. The molecular weight excluding hydrogens is 1330 g/mol. The molecule has 0 bridgehead atoms. The Labute approximate surface area is 623 Å². The van der Waals surface area contributed by atoms with E-state index in [2.05, 4.69) is 76.3 Å². The normalized spacial score (nSPS) is 14.1. The van der Waals surface area contributed by atoms with Crippen molar-refractivity contribution >= 4 is 39.5 Å². The molecule has 0 aromatic rings. The van der Waals surface area contributed by atoms with Crippen molar-refractivity contribution in [2.45, 2.75) is 418 Å². The van der Waals surface area contributed by atoms with E-state index in [9.17, 15) is 43.2 Å². The van der Waals surface area contributed by atoms with Crippen LogP contribution in [0.3, 0.4) is 0 Å². The van der Waals surface area contributed by atoms with E-state index in [4.69, 9.17) is 37.0 Å². The Morgan fingerprint density at radius 1 is 0.275 bits per heavy atom. The Kier molecular flexibility index (Phi) is 74.0. The molecule has 0 fully saturated rings. The van der Waals surface area contributed by atoms with Crippen LogP contribution in [-0.2, 0) is 65.4 Å². The van der Waals surface area contributed by atoms with Crippen LogP contribution in [0.2, 0.25) is 0 Å². The molecule has 3 N–H and O–H groups in total. The summed E-state index contributed by atoms with van der Waals surface area (Å²) in [6.07, 6.45) is 75.0. The average Bonchev–Trinajstić information content (AvgIpc) is 2.02. The molecule has 0 aliphatic rings. The first-order valence-electron chi connectivity index (χ1n) is 41.9. The van der Waals surface area contributed by atoms with Crippen molar-refractivity contribution in [2.75, 3.05) is 39.6 Å². The summed E-state index contributed by atoms with van der Waals surface area (Å²) in [5.41, 5.74) is 0. The molecule has 17 nitrogen and oxygen atoms in total. The number of aliphatic hydroxyl groups is 1. The smallest absolute Gasteiger partial charge is 0.462 e. The number of unbranched alkanes of at least 4 members (excludes halogenated alkanes) is 46. The highest BCUT2D eigenvalue weighted by molar-refractivity contribution is 7.47. The van der Waals surface area contributed by atoms with Crippen LogP contribution < -0.4 is 0 Å². The van der Waals surface area contributed by atoms with Crippen LogP contribution in [0, 0.1) is 0 Å². The molecule has 0 aliphatic heterocycles. The lowest BCUT2D eigenvalue weighted by Crippen LogP contribution is -2.30. The Morgan fingerprint density at radius 2 is 0.480 bits per heavy atom. The van der Waals surface area contributed by atoms with Gasteiger partial charge in [0.25, 0.3) is 0 Å². The summed E-state index contributed by atoms with van der Waals surface area (Å²) in [7, 11) is -9.95. The lowest BCUT2D eigenvalue weighted by Gasteiger charge is -2.21. The van der Waals surface area contributed by atoms with Crippen LogP contribution in [-0.4, -0.2) is 96.7 Å². The number of esters is 4. The number of rotatable bonds is 80. The van der Waals surface area contributed by atoms with E-state index in [-0.39, 0.29) is 25.7 Å². The molecule has 102 heavy (non-hydrogen) atoms. The van der Waals surface area contributed by atoms with Gasteiger partial charge in [-0.2, -0.15) is 0 Å². The minimum absolute atomic E-state index is 0.0822. The van der Waals surface area contributed by atoms with Crippen LogP contribution >= 0.6 is 15.6 Å². The maximum Gasteiger partial charge on any atom is 0.472 e. The first-order chi connectivity index (χ1) is 49.7. The van der Waals surface area contributed by atoms with Crippen molar-refractivity contribution in [2.24, 2.45) is 0 Å². The SMILES string of the molecule is CCCCC/C=C\C/C=C\CCCCCCCC(=O)O[C@H](COC(=O)CCCCCCC/C=C\CCCCCCCC)COP(=O)(O)OC[C@H](O)COP(=O)(O)OC[C@@H](COC(=O)CCCCCCCCCCCCCCCCCCC)OC(=O)CCCCCCC/C=C\CCCCCCCC. The van der Waals surface area contributed by atoms with E-state index in [1.165, 1.54) is 180 Å². The second kappa shape index (κ2) is 76.2. The molecule has 0 aliphatic carbocycles. The zero-order valence-electron chi connectivity index (χ0n) is 65.6. The van der Waals surface area contributed by atoms with Crippen molar-refractivity contribution < 1.29 is 80.2 Å². The van der Waals surface area contributed by atoms with Crippen LogP contribution in [0.4, 0.5) is 0 Å². The monoisotopic (exact) mass is 1490 g/mol. The fraction of sp³-hybridized carbons (Fsp3) is 0.855. The van der Waals surface area contributed by atoms with Crippen LogP contribution in [0.5, 0.6) is 0 Å². The second-order valence-corrected chi connectivity index (χ2v) is 31.3. The van der Waals surface area contributed by atoms with E-state index >= 15 is 0 Å². The number of carbonyl (C=O) groups is 4. The topological polar surface area (TPSA) is 237 Å². The molecule has 0 spiro atoms. The largest absolute Gasteiger partial charge is 0.472 e. The van der Waals surface area contributed by atoms with Gasteiger partial charge in [0.05, 0.1) is 26.4 Å². The number of ether oxygens (including phenoxy) is 4. The molecule has 0 saturated heterocycles. The number of hydrogen-bond donors (Lipinski definition) is 3. The molecule has 598 valence electrons. The quantitative estimate of drug-likeness (QED) is 0.0169. The van der Waals surface area contributed by atoms with Crippen molar-refractivity contribution in [1.82, 2.24) is 0 Å². The van der Waals surface area contributed by atoms with Gasteiger partial charge in [0.2, 0.25) is 0 Å². The fourth-order valence-electron chi connectivity index (χ4n) is 11.8. The van der Waals surface area contributed by atoms with Gasteiger partial charge in [-0.05, 0) is 109 Å². The zero-order valence-corrected chi connectivity index (χ0v) is 67.3. The van der Waals surface area contributed by atoms with E-state index in [1.807, 2.05) is 0 Å². The van der Waals surface area contributed by atoms with Gasteiger partial charge in [-0.15, -0.1) is 0 Å². The molecule has 19 heteroatoms. The Bertz CT molecular complexity index is 2120. The fourth-order valence-corrected chi connectivity index (χ4v) is 13.4. The number of phosphoric ester groups is 2. The lowest BCUT2D eigenvalue weighted by atomic mass is 10.0. The Hall–Kier alpha value is -2.98. The average molecular weight is 1490 g/mol. The summed E-state index contributed by atoms with van der Waals surface area (Å²) in [5, 5.41) is 10.7. The highest BCUT2D eigenvalue weighted by Gasteiger charge is 2.30. The molecule has 0 amide bonds. The summed E-state index contributed by atoms with van der Waals surface area (Å²) < 4.78 is 68.7. The van der Waals surface area contributed by atoms with Crippen molar-refractivity contribution in [3.63, 3.8) is 0 Å². The predicted octanol–water partition coefficient (Wildman–Crippen LogP) is 24.5. The van der Waals surface area contributed by atoms with Crippen molar-refractivity contribution in [3.8, 4) is 0 Å². The van der Waals surface area contributed by atoms with Gasteiger partial charge in [0.15, 0.2) is 12.2 Å². The van der Waals surface area contributed by atoms with E-state index in [0.717, 1.165) is 141 Å². The number of phosphoric acid groups is 2. The molecule has 0 aromatic heterocycles. The molecule has 0 aromatic carbocycles. The third-order valence-electron chi connectivity index (χ3n) is 18.3. The van der Waals surface area contributed by atoms with Gasteiger partial charge in [-0.25, -0.2) is 9.13 Å². The van der Waals surface area contributed by atoms with Crippen LogP contribution in [0.25, 0.3) is 0 Å². The van der Waals surface area contributed by atoms with Crippen LogP contribution in [0.15, 0.2) is 48.6 Å². The number of allylic oxidation sites excluding steroid dienone is 8. The standard InChI is InChI=1S/C83H154O17P2/c1-5-9-13-17-21-25-29-33-37-38-42-44-48-52-56-60-64-68-81(86)94-74-79(100-83(88)70-66-62-58-54-50-46-41-36-32-28-24-20-16-12-8-4)76-98-102(91,92)96-72-77(84)71-95-101(89,90)97-75-78(99-82(87)69-65-61-57-53-49-45-40-35-31-27-23-19-15-11-7-3)73-93-80(85)67-63-59-55-51-47-43-39-34-30-26-22-18-14-10-6-2/h23,27,34-36,39-41,77-79,84H,5-22,24-26,28-33,37-38,42-76H2,1-4H3,(H,89,90)(H,91,92)/b27-23-,39-34-,40-35-,41-36-/t77-,78+,79+/m0/s1. The minimum atomic E-state index is -4.98. The summed E-state index contributed by atoms with van der Waals surface area (Å²) in [6.45, 7) is 4.91. The maximum absolute atomic E-state index is 13.1. The van der Waals surface area contributed by atoms with Gasteiger partial charge in [0, 0.05) is 25.7 Å². The second-order valence-electron chi connectivity index (χ2n) is 28.4. The van der Waals surface area contributed by atoms with Gasteiger partial charge >= 0.3 is 39.5 Å². The van der Waals surface area contributed by atoms with Crippen molar-refractivity contribution in [3.05, 3.63) is 48.6 Å². The number of carbonyl (C=O) groups excluding carboxylic acids is 4. The molecular formula is C83H154O17P2. The number of hydrogen-bond acceptors (Lipinski definition) is 15. The van der Waals surface area contributed by atoms with Gasteiger partial charge in [-0.1, -0.05) is 314 Å². The van der Waals surface area contributed by atoms with Gasteiger partial charge in [0.1, 0.15) is 19.3 Å². The van der Waals surface area contributed by atoms with Gasteiger partial charge in [-0.3, -0.25) is 37.3 Å². The lowest BCUT2D eigenvalue weighted by molar-refractivity contribution is -0.161. The Morgan fingerprint density at radius 3 is 0.755 bits per heavy atom. The number of aliphatic hydroxyl groups excluding tert-OH is 1. The third kappa shape index (κ3) is 75.3. The highest BCUT2D eigenvalue weighted by Crippen LogP contribution is 2.45. The summed E-state index contributed by atoms with van der Waals surface area (Å²) >= 11 is 0. The zero-order chi connectivity index (χ0) is 74.6. The van der Waals surface area contributed by atoms with Gasteiger partial charge < -0.3 is 33.8 Å². The minimum Gasteiger partial charge on any atom is -0.462 e. The molecule has 0 radical (unpaired) electrons. The predicted molar refractivity (Wildman–Crippen MR) is 418 cm³/mol. The molecule has 0 saturated carbocycles. The molecule has 0 heterocycles. The van der Waals surface area contributed by atoms with Crippen LogP contribution in [0.1, 0.15) is 400 Å². The first-order valence-corrected chi connectivity index (χ1v) is 44.9. The summed E-state index contributed by atoms with van der Waals surface area (Å²) in [4.78, 5) is 73.1. The molecule has 0 rings (SSSR count). The van der Waals surface area contributed by atoms with E-state index in [1.54, 1.807) is 0 Å². The summed E-state index contributed by atoms with van der Waals surface area (Å²) in [6, 6.07) is 0. The highest BCUT2D eigenvalue weighted by atomic mass is 31.2. The third-order valence-corrected chi connectivity index (χ3v) is 20.2. The first kappa shape index (κ1) is 99.0. The molecule has 5 atom stereocenters. The van der Waals surface area contributed by atoms with Crippen molar-refractivity contribution in [1.29, 1.82) is 0 Å². The maximum atomic E-state index is 13.1. The summed E-state index contributed by atoms with van der Waals surface area (Å²) in [5.74, 6) is -2.17. The molecule has 2 unspecified atom stereocenters. The van der Waals surface area contributed by atoms with E-state index in [0.29, 0.717) is 25.7 Å². The van der Waals surface area contributed by atoms with E-state index < -0.39 is 97.5 Å².